The molecule has 2 nitrogen and oxygen atoms in total. The van der Waals surface area contributed by atoms with Crippen LogP contribution in [0.2, 0.25) is 28.9 Å². The molecule has 0 aliphatic carbocycles. The van der Waals surface area contributed by atoms with Gasteiger partial charge in [-0.15, -0.1) is 0 Å². The van der Waals surface area contributed by atoms with Crippen molar-refractivity contribution < 1.29 is 5.68 Å². The lowest BCUT2D eigenvalue weighted by atomic mass is 11.9. The van der Waals surface area contributed by atoms with E-state index in [2.05, 4.69) is 66.2 Å². The molecule has 0 rings (SSSR count). The average Bonchev–Trinajstić information content (AvgIpc) is 1.87. The largest absolute Gasteiger partial charge is 0.616 e. The van der Waals surface area contributed by atoms with Gasteiger partial charge < -0.3 is 5.68 Å². The Morgan fingerprint density at radius 3 is 1.17 bits per heavy atom. The van der Waals surface area contributed by atoms with E-state index in [4.69, 9.17) is 5.68 Å². The molecule has 0 bridgehead atoms. The Balaban J connectivity index is 0. The predicted molar refractivity (Wildman–Crippen MR) is 76.8 cm³/mol. The Morgan fingerprint density at radius 1 is 0.750 bits per heavy atom. The van der Waals surface area contributed by atoms with E-state index in [1.807, 2.05) is 0 Å². The van der Waals surface area contributed by atoms with Gasteiger partial charge in [-0.2, -0.15) is 0 Å². The molecule has 0 saturated carbocycles. The standard InChI is InChI=1S/5CH3.3Al.I2.2O/c;;;;;;;;1-2;;/h5*1H3;;;;;;. The fourth-order valence-corrected chi connectivity index (χ4v) is 7.77. The molecule has 0 amide bonds. The van der Waals surface area contributed by atoms with Crippen molar-refractivity contribution >= 4 is 81.0 Å². The van der Waals surface area contributed by atoms with Crippen LogP contribution in [0.3, 0.4) is 0 Å². The van der Waals surface area contributed by atoms with Gasteiger partial charge in [0.15, 0.2) is 0 Å². The van der Waals surface area contributed by atoms with Crippen molar-refractivity contribution in [2.75, 3.05) is 0 Å². The third kappa shape index (κ3) is 15.4. The number of hydrogen-bond donors (Lipinski definition) is 0. The molecule has 0 spiro atoms. The van der Waals surface area contributed by atoms with Gasteiger partial charge in [-0.05, 0) is 0 Å². The minimum atomic E-state index is -1.19. The summed E-state index contributed by atoms with van der Waals surface area (Å²) in [4.78, 5) is 0. The van der Waals surface area contributed by atoms with E-state index in [0.717, 1.165) is 0 Å². The van der Waals surface area contributed by atoms with E-state index in [9.17, 15) is 0 Å². The molecule has 0 aliphatic heterocycles. The third-order valence-corrected chi connectivity index (χ3v) is 8.35. The summed E-state index contributed by atoms with van der Waals surface area (Å²) in [5, 5.41) is 0. The van der Waals surface area contributed by atoms with Gasteiger partial charge in [0.05, 0.1) is 0 Å². The van der Waals surface area contributed by atoms with Crippen LogP contribution in [0, 0.1) is 0 Å². The molecule has 7 heteroatoms. The van der Waals surface area contributed by atoms with Gasteiger partial charge in [0.2, 0.25) is 0 Å². The summed E-state index contributed by atoms with van der Waals surface area (Å²) in [6, 6.07) is 0. The van der Waals surface area contributed by atoms with Gasteiger partial charge in [0.1, 0.15) is 0 Å². The molecule has 0 N–H and O–H groups in total. The molecule has 0 aromatic rings. The normalized spacial score (nSPS) is 8.25. The lowest BCUT2D eigenvalue weighted by Crippen LogP contribution is -2.29. The van der Waals surface area contributed by atoms with Crippen molar-refractivity contribution in [1.29, 1.82) is 0 Å². The van der Waals surface area contributed by atoms with Gasteiger partial charge in [-0.3, -0.25) is 0 Å². The second-order valence-corrected chi connectivity index (χ2v) is 10.4. The second kappa shape index (κ2) is 12.0. The molecule has 0 fully saturated rings. The van der Waals surface area contributed by atoms with E-state index in [-0.39, 0.29) is 0 Å². The molecular weight excluding hydrogens is 427 g/mol. The molecule has 70 valence electrons. The summed E-state index contributed by atoms with van der Waals surface area (Å²) < 4.78 is 11.3. The zero-order valence-corrected chi connectivity index (χ0v) is 16.1. The van der Waals surface area contributed by atoms with Crippen LogP contribution < -0.4 is 0 Å². The van der Waals surface area contributed by atoms with E-state index < -0.39 is 43.8 Å². The maximum Gasteiger partial charge on any atom is 0.609 e. The van der Waals surface area contributed by atoms with Gasteiger partial charge in [-0.1, -0.05) is 28.9 Å². The van der Waals surface area contributed by atoms with Gasteiger partial charge in [-0.25, -0.2) is 0 Å². The molecule has 0 aromatic carbocycles. The average molecular weight is 442 g/mol. The quantitative estimate of drug-likeness (QED) is 0.491. The van der Waals surface area contributed by atoms with E-state index in [1.54, 1.807) is 0 Å². The molecule has 0 heterocycles. The lowest BCUT2D eigenvalue weighted by molar-refractivity contribution is 0.449. The van der Waals surface area contributed by atoms with Crippen LogP contribution in [-0.2, 0) is 5.68 Å². The van der Waals surface area contributed by atoms with Crippen molar-refractivity contribution in [1.82, 2.24) is 0 Å². The SMILES string of the molecule is II.[CH3][Al]([CH3])[O][Al]([CH3])[O][Al]([CH3])[CH3]. The van der Waals surface area contributed by atoms with E-state index >= 15 is 0 Å². The van der Waals surface area contributed by atoms with Crippen LogP contribution in [0.5, 0.6) is 0 Å². The molecule has 0 saturated heterocycles. The fourth-order valence-electron chi connectivity index (χ4n) is 0.799. The Hall–Kier alpha value is 2.98. The fraction of sp³-hybridized carbons (Fsp3) is 1.00. The van der Waals surface area contributed by atoms with Crippen molar-refractivity contribution in [3.8, 4) is 0 Å². The first-order chi connectivity index (χ1) is 5.52. The first-order valence-corrected chi connectivity index (χ1v) is 17.9. The highest BCUT2D eigenvalue weighted by molar-refractivity contribution is 15.0. The summed E-state index contributed by atoms with van der Waals surface area (Å²) >= 11 is 1.39. The molecule has 12 heavy (non-hydrogen) atoms. The first kappa shape index (κ1) is 17.4. The number of rotatable bonds is 4. The monoisotopic (exact) mass is 442 g/mol. The Labute approximate surface area is 114 Å². The molecule has 0 aliphatic rings. The molecular formula is C5H15Al3I2O2. The predicted octanol–water partition coefficient (Wildman–Crippen LogP) is 3.41. The van der Waals surface area contributed by atoms with Gasteiger partial charge in [0.25, 0.3) is 0 Å². The van der Waals surface area contributed by atoms with E-state index in [0.29, 0.717) is 0 Å². The van der Waals surface area contributed by atoms with Crippen LogP contribution in [0.15, 0.2) is 0 Å². The van der Waals surface area contributed by atoms with Crippen LogP contribution >= 0.6 is 37.2 Å². The highest BCUT2D eigenvalue weighted by Crippen LogP contribution is 1.95. The molecule has 0 aromatic heterocycles. The zero-order valence-electron chi connectivity index (χ0n) is 8.30. The molecule has 0 unspecified atom stereocenters. The minimum absolute atomic E-state index is 0.828. The molecule has 0 radical (unpaired) electrons. The topological polar surface area (TPSA) is 18.5 Å². The lowest BCUT2D eigenvalue weighted by Gasteiger charge is -2.13. The van der Waals surface area contributed by atoms with Crippen molar-refractivity contribution in [2.45, 2.75) is 28.9 Å². The zero-order chi connectivity index (χ0) is 10.1. The second-order valence-electron chi connectivity index (χ2n) is 2.94. The summed E-state index contributed by atoms with van der Waals surface area (Å²) in [5.74, 6) is 10.9. The first-order valence-electron chi connectivity index (χ1n) is 3.97. The summed E-state index contributed by atoms with van der Waals surface area (Å²) in [6.07, 6.45) is 0. The van der Waals surface area contributed by atoms with Crippen molar-refractivity contribution in [3.05, 3.63) is 0 Å². The highest BCUT2D eigenvalue weighted by atomic mass is 128. The maximum atomic E-state index is 5.65. The van der Waals surface area contributed by atoms with Gasteiger partial charge >= 0.3 is 43.8 Å². The Bertz CT molecular complexity index is 84.8. The van der Waals surface area contributed by atoms with Crippen LogP contribution in [0.1, 0.15) is 0 Å². The molecule has 0 atom stereocenters. The van der Waals surface area contributed by atoms with Crippen molar-refractivity contribution in [3.63, 3.8) is 0 Å². The van der Waals surface area contributed by atoms with Gasteiger partial charge in [0, 0.05) is 37.2 Å². The minimum Gasteiger partial charge on any atom is -0.616 e. The highest BCUT2D eigenvalue weighted by Gasteiger charge is 2.21. The van der Waals surface area contributed by atoms with Crippen LogP contribution in [0.25, 0.3) is 0 Å². The van der Waals surface area contributed by atoms with Crippen LogP contribution in [-0.4, -0.2) is 43.8 Å². The smallest absolute Gasteiger partial charge is 0.609 e. The van der Waals surface area contributed by atoms with Crippen molar-refractivity contribution in [2.24, 2.45) is 0 Å². The number of halogens is 2. The number of hydrogen-bond acceptors (Lipinski definition) is 2. The van der Waals surface area contributed by atoms with Crippen LogP contribution in [0.4, 0.5) is 0 Å². The summed E-state index contributed by atoms with van der Waals surface area (Å²) in [7, 11) is 0. The summed E-state index contributed by atoms with van der Waals surface area (Å²) in [6.45, 7) is 0. The maximum absolute atomic E-state index is 5.65. The third-order valence-electron chi connectivity index (χ3n) is 0.928. The Morgan fingerprint density at radius 2 is 1.00 bits per heavy atom. The summed E-state index contributed by atoms with van der Waals surface area (Å²) in [5.41, 5.74) is 0. The van der Waals surface area contributed by atoms with E-state index in [1.165, 1.54) is 0 Å². The Kier molecular flexibility index (Phi) is 17.4.